The van der Waals surface area contributed by atoms with E-state index in [0.717, 1.165) is 0 Å². The summed E-state index contributed by atoms with van der Waals surface area (Å²) >= 11 is 0. The van der Waals surface area contributed by atoms with Crippen molar-refractivity contribution in [3.8, 4) is 5.75 Å². The van der Waals surface area contributed by atoms with Crippen molar-refractivity contribution in [3.63, 3.8) is 0 Å². The summed E-state index contributed by atoms with van der Waals surface area (Å²) in [5.41, 5.74) is 18.6. The van der Waals surface area contributed by atoms with Crippen LogP contribution in [0, 0.1) is 5.92 Å². The minimum atomic E-state index is -1.52. The van der Waals surface area contributed by atoms with E-state index < -0.39 is 114 Å². The highest BCUT2D eigenvalue weighted by atomic mass is 16.4. The van der Waals surface area contributed by atoms with E-state index in [4.69, 9.17) is 17.2 Å². The molecule has 0 spiro atoms. The van der Waals surface area contributed by atoms with Gasteiger partial charge < -0.3 is 79.3 Å². The highest BCUT2D eigenvalue weighted by Gasteiger charge is 2.41. The van der Waals surface area contributed by atoms with Crippen molar-refractivity contribution < 1.29 is 58.5 Å². The zero-order chi connectivity index (χ0) is 56.2. The number of hydrogen-bond acceptors (Lipinski definition) is 14. The summed E-state index contributed by atoms with van der Waals surface area (Å²) in [5.74, 6) is -9.39. The molecule has 0 saturated carbocycles. The van der Waals surface area contributed by atoms with Crippen LogP contribution >= 0.6 is 0 Å². The number of hydrogen-bond donors (Lipinski definition) is 14. The van der Waals surface area contributed by atoms with Crippen LogP contribution in [0.25, 0.3) is 0 Å². The van der Waals surface area contributed by atoms with Crippen LogP contribution in [-0.4, -0.2) is 161 Å². The lowest BCUT2D eigenvalue weighted by Gasteiger charge is -2.31. The average Bonchev–Trinajstić information content (AvgIpc) is 4.21. The second-order valence-corrected chi connectivity index (χ2v) is 18.8. The Morgan fingerprint density at radius 1 is 0.688 bits per heavy atom. The van der Waals surface area contributed by atoms with Crippen LogP contribution < -0.4 is 49.1 Å². The molecule has 0 bridgehead atoms. The first-order valence-electron chi connectivity index (χ1n) is 24.8. The van der Waals surface area contributed by atoms with Crippen LogP contribution in [0.4, 0.5) is 0 Å². The number of benzene rings is 2. The molecule has 0 unspecified atom stereocenters. The Labute approximate surface area is 442 Å². The molecule has 7 amide bonds. The number of imidazole rings is 2. The molecule has 4 aromatic rings. The van der Waals surface area contributed by atoms with E-state index in [1.165, 1.54) is 54.2 Å². The first-order valence-corrected chi connectivity index (χ1v) is 24.8. The van der Waals surface area contributed by atoms with Gasteiger partial charge in [-0.2, -0.15) is 0 Å². The van der Waals surface area contributed by atoms with E-state index in [1.807, 2.05) is 0 Å². The lowest BCUT2D eigenvalue weighted by molar-refractivity contribution is -0.145. The van der Waals surface area contributed by atoms with Gasteiger partial charge in [-0.1, -0.05) is 56.3 Å². The van der Waals surface area contributed by atoms with Crippen LogP contribution in [0.3, 0.4) is 0 Å². The SMILES string of the molecule is CC(C)[C@H](NC(=O)[C@H](CCCN=C(N)N)NC(=O)[C@@H](N)CC(=O)O)C(=O)N[C@@H](Cc1ccc(O)cc1)C(=O)N[C@@H](Cc1cnc[nH]1)C(=O)N[C@@H](Cc1cnc[nH]1)C(=O)N1CCC[C@H]1C(=O)N[C@@H](Cc1ccccc1)C(=O)O. The second-order valence-electron chi connectivity index (χ2n) is 18.8. The van der Waals surface area contributed by atoms with Gasteiger partial charge in [0.15, 0.2) is 5.96 Å². The van der Waals surface area contributed by atoms with Crippen LogP contribution in [0.2, 0.25) is 0 Å². The number of amides is 7. The number of carbonyl (C=O) groups excluding carboxylic acids is 7. The van der Waals surface area contributed by atoms with Crippen molar-refractivity contribution in [2.75, 3.05) is 13.1 Å². The largest absolute Gasteiger partial charge is 0.508 e. The quantitative estimate of drug-likeness (QED) is 0.0153. The molecule has 0 aliphatic carbocycles. The Balaban J connectivity index is 1.39. The summed E-state index contributed by atoms with van der Waals surface area (Å²) in [7, 11) is 0. The molecule has 2 aromatic carbocycles. The minimum absolute atomic E-state index is 0.0153. The maximum atomic E-state index is 14.7. The first-order chi connectivity index (χ1) is 36.7. The zero-order valence-electron chi connectivity index (χ0n) is 42.5. The fourth-order valence-electron chi connectivity index (χ4n) is 8.47. The van der Waals surface area contributed by atoms with E-state index in [-0.39, 0.29) is 69.7 Å². The molecule has 1 fully saturated rings. The molecule has 1 aliphatic rings. The number of carbonyl (C=O) groups is 9. The molecule has 27 nitrogen and oxygen atoms in total. The Morgan fingerprint density at radius 2 is 1.23 bits per heavy atom. The third kappa shape index (κ3) is 18.5. The normalized spacial score (nSPS) is 15.8. The fourth-order valence-corrected chi connectivity index (χ4v) is 8.47. The number of likely N-dealkylation sites (tertiary alicyclic amines) is 1. The summed E-state index contributed by atoms with van der Waals surface area (Å²) in [6.45, 7) is 3.37. The number of aromatic amines is 2. The Hall–Kier alpha value is -8.88. The second kappa shape index (κ2) is 28.7. The van der Waals surface area contributed by atoms with Gasteiger partial charge in [-0.3, -0.25) is 43.3 Å². The number of H-pyrrole nitrogens is 2. The predicted molar refractivity (Wildman–Crippen MR) is 275 cm³/mol. The van der Waals surface area contributed by atoms with Crippen molar-refractivity contribution >= 4 is 59.2 Å². The van der Waals surface area contributed by atoms with Crippen LogP contribution in [0.15, 0.2) is 84.6 Å². The van der Waals surface area contributed by atoms with E-state index in [0.29, 0.717) is 28.9 Å². The van der Waals surface area contributed by atoms with Gasteiger partial charge >= 0.3 is 11.9 Å². The summed E-state index contributed by atoms with van der Waals surface area (Å²) < 4.78 is 0. The van der Waals surface area contributed by atoms with Crippen molar-refractivity contribution in [1.29, 1.82) is 0 Å². The summed E-state index contributed by atoms with van der Waals surface area (Å²) in [6.07, 6.45) is 4.92. The summed E-state index contributed by atoms with van der Waals surface area (Å²) in [4.78, 5) is 142. The maximum Gasteiger partial charge on any atom is 0.326 e. The summed E-state index contributed by atoms with van der Waals surface area (Å²) in [5, 5.41) is 45.0. The van der Waals surface area contributed by atoms with Crippen LogP contribution in [0.1, 0.15) is 68.5 Å². The molecule has 5 rings (SSSR count). The molecule has 27 heteroatoms. The molecule has 1 aliphatic heterocycles. The number of nitrogens with zero attached hydrogens (tertiary/aromatic N) is 4. The third-order valence-corrected chi connectivity index (χ3v) is 12.5. The number of guanidine groups is 1. The Kier molecular flexibility index (Phi) is 22.0. The van der Waals surface area contributed by atoms with Gasteiger partial charge in [-0.15, -0.1) is 0 Å². The predicted octanol–water partition coefficient (Wildman–Crippen LogP) is -2.40. The molecule has 8 atom stereocenters. The maximum absolute atomic E-state index is 14.7. The monoisotopic (exact) mass is 1070 g/mol. The molecular formula is C50H67N15O12. The van der Waals surface area contributed by atoms with E-state index in [2.05, 4.69) is 56.8 Å². The van der Waals surface area contributed by atoms with Gasteiger partial charge in [0.2, 0.25) is 41.4 Å². The number of aliphatic carboxylic acids is 2. The first kappa shape index (κ1) is 59.0. The number of aromatic hydroxyl groups is 1. The molecule has 77 heavy (non-hydrogen) atoms. The number of phenolic OH excluding ortho intramolecular Hbond substituents is 1. The third-order valence-electron chi connectivity index (χ3n) is 12.5. The molecular weight excluding hydrogens is 1000 g/mol. The number of rotatable bonds is 29. The van der Waals surface area contributed by atoms with Crippen molar-refractivity contribution in [2.24, 2.45) is 28.1 Å². The smallest absolute Gasteiger partial charge is 0.326 e. The molecule has 414 valence electrons. The molecule has 2 aromatic heterocycles. The average molecular weight is 1070 g/mol. The van der Waals surface area contributed by atoms with Gasteiger partial charge in [-0.05, 0) is 54.9 Å². The topological polar surface area (TPSA) is 438 Å². The van der Waals surface area contributed by atoms with E-state index in [9.17, 15) is 58.5 Å². The van der Waals surface area contributed by atoms with E-state index in [1.54, 1.807) is 44.2 Å². The minimum Gasteiger partial charge on any atom is -0.508 e. The lowest BCUT2D eigenvalue weighted by atomic mass is 9.99. The molecule has 3 heterocycles. The molecule has 0 radical (unpaired) electrons. The van der Waals surface area contributed by atoms with E-state index >= 15 is 0 Å². The van der Waals surface area contributed by atoms with Gasteiger partial charge in [0, 0.05) is 62.6 Å². The summed E-state index contributed by atoms with van der Waals surface area (Å²) in [6, 6.07) is 3.50. The lowest BCUT2D eigenvalue weighted by Crippen LogP contribution is -2.61. The van der Waals surface area contributed by atoms with Crippen molar-refractivity contribution in [3.05, 3.63) is 102 Å². The number of aromatic nitrogens is 4. The number of carboxylic acids is 2. The molecule has 17 N–H and O–H groups in total. The number of carboxylic acid groups (broad SMARTS) is 2. The van der Waals surface area contributed by atoms with Crippen molar-refractivity contribution in [1.82, 2.24) is 56.7 Å². The number of nitrogens with one attached hydrogen (secondary N) is 8. The highest BCUT2D eigenvalue weighted by Crippen LogP contribution is 2.21. The van der Waals surface area contributed by atoms with Gasteiger partial charge in [0.05, 0.1) is 25.1 Å². The number of nitrogens with two attached hydrogens (primary N) is 3. The van der Waals surface area contributed by atoms with Gasteiger partial charge in [0.25, 0.3) is 0 Å². The van der Waals surface area contributed by atoms with Gasteiger partial charge in [0.1, 0.15) is 48.0 Å². The zero-order valence-corrected chi connectivity index (χ0v) is 42.5. The van der Waals surface area contributed by atoms with Crippen LogP contribution in [-0.2, 0) is 68.8 Å². The van der Waals surface area contributed by atoms with Crippen LogP contribution in [0.5, 0.6) is 5.75 Å². The standard InChI is InChI=1S/C50H67N15O12/c1-27(2)41(64-43(70)34(10-6-16-56-50(52)53)59-42(69)33(51)22-40(67)68)47(74)61-35(18-29-12-14-32(66)15-13-29)44(71)60-36(20-30-23-54-25-57-30)45(72)62-37(21-31-24-55-26-58-31)48(75)65-17-7-11-39(65)46(73)63-38(49(76)77)19-28-8-4-3-5-9-28/h3-5,8-9,12-15,23-27,33-39,41,66H,6-7,10-11,16-22,51H2,1-2H3,(H,54,57)(H,55,58)(H,59,69)(H,60,71)(H,61,74)(H,62,72)(H,63,73)(H,64,70)(H,67,68)(H,76,77)(H4,52,53,56)/t33-,34-,35-,36-,37-,38-,39-,41-/m0/s1. The highest BCUT2D eigenvalue weighted by molar-refractivity contribution is 5.98. The Bertz CT molecular complexity index is 2670. The number of phenols is 1. The van der Waals surface area contributed by atoms with Crippen molar-refractivity contribution in [2.45, 2.75) is 120 Å². The fraction of sp³-hybridized carbons (Fsp3) is 0.440. The Morgan fingerprint density at radius 3 is 1.81 bits per heavy atom. The van der Waals surface area contributed by atoms with Gasteiger partial charge in [-0.25, -0.2) is 14.8 Å². The number of aliphatic imine (C=N–C) groups is 1. The molecule has 1 saturated heterocycles.